The normalized spacial score (nSPS) is 18.3. The van der Waals surface area contributed by atoms with Crippen LogP contribution in [-0.4, -0.2) is 39.5 Å². The number of aryl methyl sites for hydroxylation is 1. The lowest BCUT2D eigenvalue weighted by atomic mass is 9.97. The monoisotopic (exact) mass is 330 g/mol. The molecular formula is C15H23ClN2O2S. The summed E-state index contributed by atoms with van der Waals surface area (Å²) in [7, 11) is 0.449. The van der Waals surface area contributed by atoms with Gasteiger partial charge in [-0.1, -0.05) is 30.5 Å². The van der Waals surface area contributed by atoms with Gasteiger partial charge >= 0.3 is 0 Å². The number of hydrogen-bond donors (Lipinski definition) is 1. The molecule has 0 heterocycles. The van der Waals surface area contributed by atoms with Crippen molar-refractivity contribution in [2.75, 3.05) is 20.6 Å². The fourth-order valence-corrected chi connectivity index (χ4v) is 4.66. The van der Waals surface area contributed by atoms with Gasteiger partial charge in [0, 0.05) is 12.1 Å². The highest BCUT2D eigenvalue weighted by atomic mass is 35.5. The van der Waals surface area contributed by atoms with Gasteiger partial charge in [-0.15, -0.1) is 0 Å². The van der Waals surface area contributed by atoms with Gasteiger partial charge in [-0.2, -0.15) is 0 Å². The molecule has 1 N–H and O–H groups in total. The van der Waals surface area contributed by atoms with Crippen molar-refractivity contribution in [3.05, 3.63) is 28.8 Å². The lowest BCUT2D eigenvalue weighted by Gasteiger charge is -2.36. The van der Waals surface area contributed by atoms with E-state index in [0.717, 1.165) is 31.2 Å². The Bertz CT molecular complexity index is 608. The van der Waals surface area contributed by atoms with Crippen LogP contribution in [0.2, 0.25) is 5.02 Å². The molecule has 0 saturated heterocycles. The highest BCUT2D eigenvalue weighted by Crippen LogP contribution is 2.33. The molecule has 21 heavy (non-hydrogen) atoms. The second kappa shape index (κ2) is 6.24. The van der Waals surface area contributed by atoms with Crippen molar-refractivity contribution < 1.29 is 8.42 Å². The highest BCUT2D eigenvalue weighted by molar-refractivity contribution is 7.89. The van der Waals surface area contributed by atoms with E-state index in [0.29, 0.717) is 6.54 Å². The molecular weight excluding hydrogens is 308 g/mol. The fourth-order valence-electron chi connectivity index (χ4n) is 2.95. The van der Waals surface area contributed by atoms with E-state index >= 15 is 0 Å². The van der Waals surface area contributed by atoms with Gasteiger partial charge in [0.15, 0.2) is 0 Å². The summed E-state index contributed by atoms with van der Waals surface area (Å²) in [5.74, 6) is 0. The zero-order chi connectivity index (χ0) is 15.7. The van der Waals surface area contributed by atoms with Crippen LogP contribution >= 0.6 is 11.6 Å². The summed E-state index contributed by atoms with van der Waals surface area (Å²) >= 11 is 6.08. The third-order valence-electron chi connectivity index (χ3n) is 4.45. The molecule has 6 heteroatoms. The molecule has 1 aliphatic carbocycles. The van der Waals surface area contributed by atoms with Gasteiger partial charge < -0.3 is 4.90 Å². The average Bonchev–Trinajstić information content (AvgIpc) is 2.86. The number of nitrogens with one attached hydrogen (secondary N) is 1. The molecule has 4 nitrogen and oxygen atoms in total. The summed E-state index contributed by atoms with van der Waals surface area (Å²) in [5, 5.41) is 0.271. The minimum Gasteiger partial charge on any atom is -0.302 e. The van der Waals surface area contributed by atoms with Crippen molar-refractivity contribution in [2.24, 2.45) is 0 Å². The quantitative estimate of drug-likeness (QED) is 0.903. The molecule has 0 bridgehead atoms. The molecule has 2 rings (SSSR count). The van der Waals surface area contributed by atoms with Crippen molar-refractivity contribution >= 4 is 21.6 Å². The number of rotatable bonds is 5. The van der Waals surface area contributed by atoms with E-state index in [9.17, 15) is 8.42 Å². The van der Waals surface area contributed by atoms with E-state index in [4.69, 9.17) is 11.6 Å². The molecule has 1 aliphatic rings. The van der Waals surface area contributed by atoms with Crippen LogP contribution < -0.4 is 4.72 Å². The van der Waals surface area contributed by atoms with Gasteiger partial charge in [-0.05, 0) is 51.6 Å². The van der Waals surface area contributed by atoms with Crippen LogP contribution in [0, 0.1) is 6.92 Å². The highest BCUT2D eigenvalue weighted by Gasteiger charge is 2.37. The van der Waals surface area contributed by atoms with Crippen LogP contribution in [0.25, 0.3) is 0 Å². The first-order valence-electron chi connectivity index (χ1n) is 7.20. The summed E-state index contributed by atoms with van der Waals surface area (Å²) in [5.41, 5.74) is 0.865. The molecule has 1 fully saturated rings. The summed E-state index contributed by atoms with van der Waals surface area (Å²) in [6, 6.07) is 5.00. The van der Waals surface area contributed by atoms with E-state index in [1.54, 1.807) is 18.2 Å². The van der Waals surface area contributed by atoms with Gasteiger partial charge in [0.05, 0.1) is 5.02 Å². The summed E-state index contributed by atoms with van der Waals surface area (Å²) < 4.78 is 27.7. The van der Waals surface area contributed by atoms with Crippen molar-refractivity contribution in [2.45, 2.75) is 43.0 Å². The van der Waals surface area contributed by atoms with Crippen molar-refractivity contribution in [1.82, 2.24) is 9.62 Å². The Morgan fingerprint density at radius 1 is 1.29 bits per heavy atom. The second-order valence-corrected chi connectivity index (χ2v) is 8.23. The van der Waals surface area contributed by atoms with Crippen LogP contribution in [0.5, 0.6) is 0 Å². The van der Waals surface area contributed by atoms with Crippen LogP contribution in [0.1, 0.15) is 31.2 Å². The van der Waals surface area contributed by atoms with Gasteiger partial charge in [0.2, 0.25) is 10.0 Å². The largest absolute Gasteiger partial charge is 0.302 e. The summed E-state index contributed by atoms with van der Waals surface area (Å²) in [6.07, 6.45) is 4.32. The molecule has 0 atom stereocenters. The predicted octanol–water partition coefficient (Wildman–Crippen LogP) is 2.80. The van der Waals surface area contributed by atoms with Crippen LogP contribution in [0.15, 0.2) is 23.1 Å². The topological polar surface area (TPSA) is 49.4 Å². The van der Waals surface area contributed by atoms with E-state index in [1.165, 1.54) is 0 Å². The van der Waals surface area contributed by atoms with Gasteiger partial charge in [-0.25, -0.2) is 13.1 Å². The first-order valence-corrected chi connectivity index (χ1v) is 9.06. The minimum atomic E-state index is -3.58. The molecule has 0 unspecified atom stereocenters. The van der Waals surface area contributed by atoms with E-state index in [-0.39, 0.29) is 15.5 Å². The molecule has 0 radical (unpaired) electrons. The van der Waals surface area contributed by atoms with Gasteiger partial charge in [0.1, 0.15) is 4.90 Å². The van der Waals surface area contributed by atoms with Gasteiger partial charge in [0.25, 0.3) is 0 Å². The Kier molecular flexibility index (Phi) is 4.98. The maximum Gasteiger partial charge on any atom is 0.242 e. The van der Waals surface area contributed by atoms with E-state index in [1.807, 2.05) is 21.0 Å². The standard InChI is InChI=1S/C15H23ClN2O2S/c1-12-6-7-14(13(16)10-12)21(19,20)17-11-15(18(2)3)8-4-5-9-15/h6-7,10,17H,4-5,8-9,11H2,1-3H3. The molecule has 0 spiro atoms. The number of likely N-dealkylation sites (N-methyl/N-ethyl adjacent to an activating group) is 1. The fraction of sp³-hybridized carbons (Fsp3) is 0.600. The smallest absolute Gasteiger partial charge is 0.242 e. The number of nitrogens with zero attached hydrogens (tertiary/aromatic N) is 1. The number of halogens is 1. The summed E-state index contributed by atoms with van der Waals surface area (Å²) in [6.45, 7) is 2.31. The minimum absolute atomic E-state index is 0.0791. The molecule has 1 saturated carbocycles. The molecule has 1 aromatic carbocycles. The zero-order valence-corrected chi connectivity index (χ0v) is 14.4. The Labute approximate surface area is 132 Å². The lowest BCUT2D eigenvalue weighted by Crippen LogP contribution is -2.50. The summed E-state index contributed by atoms with van der Waals surface area (Å²) in [4.78, 5) is 2.29. The molecule has 0 aliphatic heterocycles. The first-order chi connectivity index (χ1) is 9.77. The van der Waals surface area contributed by atoms with Crippen molar-refractivity contribution in [3.8, 4) is 0 Å². The molecule has 0 amide bonds. The maximum atomic E-state index is 12.5. The average molecular weight is 331 g/mol. The Morgan fingerprint density at radius 2 is 1.90 bits per heavy atom. The molecule has 0 aromatic heterocycles. The third kappa shape index (κ3) is 3.59. The van der Waals surface area contributed by atoms with Crippen molar-refractivity contribution in [1.29, 1.82) is 0 Å². The first kappa shape index (κ1) is 16.7. The van der Waals surface area contributed by atoms with Gasteiger partial charge in [-0.3, -0.25) is 0 Å². The number of hydrogen-bond acceptors (Lipinski definition) is 3. The number of benzene rings is 1. The second-order valence-electron chi connectivity index (χ2n) is 6.08. The molecule has 1 aromatic rings. The SMILES string of the molecule is Cc1ccc(S(=O)(=O)NCC2(N(C)C)CCCC2)c(Cl)c1. The maximum absolute atomic E-state index is 12.5. The number of sulfonamides is 1. The van der Waals surface area contributed by atoms with Crippen molar-refractivity contribution in [3.63, 3.8) is 0 Å². The van der Waals surface area contributed by atoms with Crippen LogP contribution in [0.3, 0.4) is 0 Å². The van der Waals surface area contributed by atoms with E-state index in [2.05, 4.69) is 9.62 Å². The van der Waals surface area contributed by atoms with Crippen LogP contribution in [-0.2, 0) is 10.0 Å². The Balaban J connectivity index is 2.18. The van der Waals surface area contributed by atoms with Crippen LogP contribution in [0.4, 0.5) is 0 Å². The zero-order valence-electron chi connectivity index (χ0n) is 12.8. The third-order valence-corrected chi connectivity index (χ3v) is 6.34. The lowest BCUT2D eigenvalue weighted by molar-refractivity contribution is 0.162. The molecule has 118 valence electrons. The Morgan fingerprint density at radius 3 is 2.43 bits per heavy atom. The van der Waals surface area contributed by atoms with E-state index < -0.39 is 10.0 Å². The predicted molar refractivity (Wildman–Crippen MR) is 86.3 cm³/mol. The Hall–Kier alpha value is -0.620.